The highest BCUT2D eigenvalue weighted by atomic mass is 16.2. The lowest BCUT2D eigenvalue weighted by atomic mass is 10.1. The summed E-state index contributed by atoms with van der Waals surface area (Å²) in [6.45, 7) is 3.57. The van der Waals surface area contributed by atoms with Gasteiger partial charge in [-0.2, -0.15) is 5.10 Å². The van der Waals surface area contributed by atoms with Crippen molar-refractivity contribution in [1.29, 1.82) is 0 Å². The normalized spacial score (nSPS) is 11.6. The molecule has 0 amide bonds. The summed E-state index contributed by atoms with van der Waals surface area (Å²) in [7, 11) is 1.73. The summed E-state index contributed by atoms with van der Waals surface area (Å²) < 4.78 is 1.24. The maximum absolute atomic E-state index is 11.7. The number of anilines is 1. The van der Waals surface area contributed by atoms with E-state index in [4.69, 9.17) is 5.73 Å². The molecule has 1 heterocycles. The standard InChI is InChI=1S/C8H14N4O/c1-8(2,10-3)7(13)12-5-6(9)4-11-12/h4-5,10H,9H2,1-3H3. The summed E-state index contributed by atoms with van der Waals surface area (Å²) in [5.41, 5.74) is 5.30. The molecule has 0 aliphatic rings. The molecule has 0 saturated carbocycles. The summed E-state index contributed by atoms with van der Waals surface area (Å²) in [4.78, 5) is 11.7. The van der Waals surface area contributed by atoms with Crippen molar-refractivity contribution >= 4 is 11.6 Å². The Morgan fingerprint density at radius 3 is 2.69 bits per heavy atom. The number of nitrogen functional groups attached to an aromatic ring is 1. The molecule has 5 nitrogen and oxygen atoms in total. The molecular formula is C8H14N4O. The van der Waals surface area contributed by atoms with Gasteiger partial charge in [-0.1, -0.05) is 0 Å². The fraction of sp³-hybridized carbons (Fsp3) is 0.500. The van der Waals surface area contributed by atoms with E-state index in [9.17, 15) is 4.79 Å². The first-order valence-corrected chi connectivity index (χ1v) is 4.01. The van der Waals surface area contributed by atoms with Crippen LogP contribution in [0.15, 0.2) is 12.4 Å². The number of hydrogen-bond donors (Lipinski definition) is 2. The Hall–Kier alpha value is -1.36. The quantitative estimate of drug-likeness (QED) is 0.680. The Morgan fingerprint density at radius 1 is 1.69 bits per heavy atom. The van der Waals surface area contributed by atoms with Crippen molar-refractivity contribution in [3.05, 3.63) is 12.4 Å². The Kier molecular flexibility index (Phi) is 2.38. The molecule has 0 radical (unpaired) electrons. The van der Waals surface area contributed by atoms with E-state index in [2.05, 4.69) is 10.4 Å². The third-order valence-corrected chi connectivity index (χ3v) is 1.97. The highest BCUT2D eigenvalue weighted by Crippen LogP contribution is 2.07. The zero-order chi connectivity index (χ0) is 10.1. The van der Waals surface area contributed by atoms with Gasteiger partial charge in [0.05, 0.1) is 23.6 Å². The number of nitrogens with zero attached hydrogens (tertiary/aromatic N) is 2. The van der Waals surface area contributed by atoms with Gasteiger partial charge in [-0.3, -0.25) is 4.79 Å². The van der Waals surface area contributed by atoms with E-state index in [1.165, 1.54) is 17.1 Å². The molecule has 5 heteroatoms. The van der Waals surface area contributed by atoms with Crippen molar-refractivity contribution in [3.8, 4) is 0 Å². The smallest absolute Gasteiger partial charge is 0.266 e. The zero-order valence-corrected chi connectivity index (χ0v) is 8.03. The zero-order valence-electron chi connectivity index (χ0n) is 8.03. The van der Waals surface area contributed by atoms with Crippen LogP contribution in [-0.4, -0.2) is 28.3 Å². The Balaban J connectivity index is 2.91. The van der Waals surface area contributed by atoms with Crippen LogP contribution in [0.1, 0.15) is 18.6 Å². The molecule has 1 rings (SSSR count). The maximum atomic E-state index is 11.7. The summed E-state index contributed by atoms with van der Waals surface area (Å²) in [5.74, 6) is -0.133. The van der Waals surface area contributed by atoms with Gasteiger partial charge < -0.3 is 11.1 Å². The largest absolute Gasteiger partial charge is 0.396 e. The van der Waals surface area contributed by atoms with Gasteiger partial charge >= 0.3 is 0 Å². The first-order chi connectivity index (χ1) is 5.97. The monoisotopic (exact) mass is 182 g/mol. The van der Waals surface area contributed by atoms with Gasteiger partial charge in [-0.05, 0) is 20.9 Å². The van der Waals surface area contributed by atoms with Crippen LogP contribution >= 0.6 is 0 Å². The fourth-order valence-electron chi connectivity index (χ4n) is 0.841. The molecule has 0 atom stereocenters. The molecule has 3 N–H and O–H groups in total. The van der Waals surface area contributed by atoms with Crippen molar-refractivity contribution < 1.29 is 4.79 Å². The van der Waals surface area contributed by atoms with E-state index in [1.54, 1.807) is 20.9 Å². The summed E-state index contributed by atoms with van der Waals surface area (Å²) >= 11 is 0. The van der Waals surface area contributed by atoms with Crippen LogP contribution in [-0.2, 0) is 0 Å². The topological polar surface area (TPSA) is 72.9 Å². The lowest BCUT2D eigenvalue weighted by Crippen LogP contribution is -2.47. The van der Waals surface area contributed by atoms with Gasteiger partial charge in [0.2, 0.25) is 0 Å². The predicted molar refractivity (Wildman–Crippen MR) is 50.4 cm³/mol. The molecule has 0 aromatic carbocycles. The minimum absolute atomic E-state index is 0.133. The molecule has 1 aromatic heterocycles. The Bertz CT molecular complexity index is 316. The van der Waals surface area contributed by atoms with Gasteiger partial charge in [-0.25, -0.2) is 4.68 Å². The molecule has 0 aliphatic heterocycles. The number of carbonyl (C=O) groups excluding carboxylic acids is 1. The number of carbonyl (C=O) groups is 1. The molecule has 0 aliphatic carbocycles. The van der Waals surface area contributed by atoms with Crippen molar-refractivity contribution in [1.82, 2.24) is 15.1 Å². The fourth-order valence-corrected chi connectivity index (χ4v) is 0.841. The van der Waals surface area contributed by atoms with Crippen molar-refractivity contribution in [3.63, 3.8) is 0 Å². The number of nitrogens with one attached hydrogen (secondary N) is 1. The van der Waals surface area contributed by atoms with E-state index < -0.39 is 5.54 Å². The number of likely N-dealkylation sites (N-methyl/N-ethyl adjacent to an activating group) is 1. The molecular weight excluding hydrogens is 168 g/mol. The molecule has 0 unspecified atom stereocenters. The number of rotatable bonds is 2. The van der Waals surface area contributed by atoms with Gasteiger partial charge in [0, 0.05) is 0 Å². The number of hydrogen-bond acceptors (Lipinski definition) is 4. The van der Waals surface area contributed by atoms with Gasteiger partial charge in [0.15, 0.2) is 0 Å². The first kappa shape index (κ1) is 9.73. The SMILES string of the molecule is CNC(C)(C)C(=O)n1cc(N)cn1. The van der Waals surface area contributed by atoms with Crippen molar-refractivity contribution in [2.24, 2.45) is 0 Å². The van der Waals surface area contributed by atoms with Gasteiger partial charge in [0.1, 0.15) is 0 Å². The lowest BCUT2D eigenvalue weighted by Gasteiger charge is -2.21. The average molecular weight is 182 g/mol. The van der Waals surface area contributed by atoms with Crippen LogP contribution in [0, 0.1) is 0 Å². The first-order valence-electron chi connectivity index (χ1n) is 4.01. The minimum atomic E-state index is -0.627. The van der Waals surface area contributed by atoms with Gasteiger partial charge in [-0.15, -0.1) is 0 Å². The molecule has 0 fully saturated rings. The van der Waals surface area contributed by atoms with Crippen LogP contribution < -0.4 is 11.1 Å². The second-order valence-corrected chi connectivity index (χ2v) is 3.40. The number of aromatic nitrogens is 2. The molecule has 0 spiro atoms. The lowest BCUT2D eigenvalue weighted by molar-refractivity contribution is 0.0784. The van der Waals surface area contributed by atoms with Crippen molar-refractivity contribution in [2.45, 2.75) is 19.4 Å². The molecule has 0 bridgehead atoms. The third-order valence-electron chi connectivity index (χ3n) is 1.97. The van der Waals surface area contributed by atoms with Crippen LogP contribution in [0.5, 0.6) is 0 Å². The molecule has 1 aromatic rings. The highest BCUT2D eigenvalue weighted by Gasteiger charge is 2.27. The third kappa shape index (κ3) is 1.86. The average Bonchev–Trinajstić information content (AvgIpc) is 2.50. The second kappa shape index (κ2) is 3.18. The highest BCUT2D eigenvalue weighted by molar-refractivity contribution is 5.87. The van der Waals surface area contributed by atoms with Crippen molar-refractivity contribution in [2.75, 3.05) is 12.8 Å². The van der Waals surface area contributed by atoms with E-state index in [0.29, 0.717) is 5.69 Å². The maximum Gasteiger partial charge on any atom is 0.266 e. The molecule has 13 heavy (non-hydrogen) atoms. The van der Waals surface area contributed by atoms with E-state index in [-0.39, 0.29) is 5.91 Å². The van der Waals surface area contributed by atoms with Crippen LogP contribution in [0.3, 0.4) is 0 Å². The Morgan fingerprint density at radius 2 is 2.31 bits per heavy atom. The van der Waals surface area contributed by atoms with E-state index in [1.807, 2.05) is 0 Å². The van der Waals surface area contributed by atoms with Crippen LogP contribution in [0.4, 0.5) is 5.69 Å². The van der Waals surface area contributed by atoms with Crippen LogP contribution in [0.25, 0.3) is 0 Å². The molecule has 72 valence electrons. The van der Waals surface area contributed by atoms with E-state index >= 15 is 0 Å². The summed E-state index contributed by atoms with van der Waals surface area (Å²) in [6, 6.07) is 0. The predicted octanol–water partition coefficient (Wildman–Crippen LogP) is 0.103. The summed E-state index contributed by atoms with van der Waals surface area (Å²) in [5, 5.41) is 6.73. The second-order valence-electron chi connectivity index (χ2n) is 3.40. The van der Waals surface area contributed by atoms with Gasteiger partial charge in [0.25, 0.3) is 5.91 Å². The number of nitrogens with two attached hydrogens (primary N) is 1. The van der Waals surface area contributed by atoms with E-state index in [0.717, 1.165) is 0 Å². The summed E-state index contributed by atoms with van der Waals surface area (Å²) in [6.07, 6.45) is 2.95. The molecule has 0 saturated heterocycles. The minimum Gasteiger partial charge on any atom is -0.396 e. The van der Waals surface area contributed by atoms with Crippen LogP contribution in [0.2, 0.25) is 0 Å². The Labute approximate surface area is 76.9 Å².